The van der Waals surface area contributed by atoms with Crippen LogP contribution in [0.25, 0.3) is 27.6 Å². The fourth-order valence-electron chi connectivity index (χ4n) is 3.39. The van der Waals surface area contributed by atoms with Gasteiger partial charge in [0.15, 0.2) is 0 Å². The van der Waals surface area contributed by atoms with E-state index in [2.05, 4.69) is 15.5 Å². The number of fused-ring (bicyclic) bond motifs is 4. The third-order valence-electron chi connectivity index (χ3n) is 4.59. The minimum atomic E-state index is -0.951. The normalized spacial score (nSPS) is 20.3. The van der Waals surface area contributed by atoms with Gasteiger partial charge in [-0.05, 0) is 24.3 Å². The van der Waals surface area contributed by atoms with Crippen LogP contribution in [0.15, 0.2) is 41.0 Å². The zero-order valence-electron chi connectivity index (χ0n) is 12.9. The van der Waals surface area contributed by atoms with Crippen molar-refractivity contribution in [3.8, 4) is 11.3 Å². The Hall–Kier alpha value is -3.06. The van der Waals surface area contributed by atoms with Crippen LogP contribution in [0.5, 0.6) is 0 Å². The minimum absolute atomic E-state index is 0.00760. The predicted molar refractivity (Wildman–Crippen MR) is 97.0 cm³/mol. The van der Waals surface area contributed by atoms with Gasteiger partial charge in [0.25, 0.3) is 0 Å². The van der Waals surface area contributed by atoms with Crippen LogP contribution < -0.4 is 5.43 Å². The van der Waals surface area contributed by atoms with Crippen molar-refractivity contribution >= 4 is 39.8 Å². The first-order valence-corrected chi connectivity index (χ1v) is 8.67. The van der Waals surface area contributed by atoms with E-state index in [0.29, 0.717) is 11.4 Å². The topological polar surface area (TPSA) is 87.5 Å². The van der Waals surface area contributed by atoms with Crippen LogP contribution in [0.2, 0.25) is 0 Å². The number of pyridine rings is 1. The molecule has 5 rings (SSSR count). The minimum Gasteiger partial charge on any atom is -0.478 e. The molecule has 1 aromatic carbocycles. The summed E-state index contributed by atoms with van der Waals surface area (Å²) in [7, 11) is 0. The Morgan fingerprint density at radius 2 is 2.20 bits per heavy atom. The van der Waals surface area contributed by atoms with E-state index in [1.54, 1.807) is 29.1 Å². The van der Waals surface area contributed by atoms with Gasteiger partial charge in [-0.15, -0.1) is 11.3 Å². The number of carbonyl (C=O) groups is 1. The number of nitrogens with zero attached hydrogens (tertiary/aromatic N) is 3. The number of benzene rings is 1. The van der Waals surface area contributed by atoms with Gasteiger partial charge in [-0.25, -0.2) is 14.8 Å². The Morgan fingerprint density at radius 3 is 3.08 bits per heavy atom. The van der Waals surface area contributed by atoms with E-state index in [1.807, 2.05) is 30.4 Å². The fourth-order valence-corrected chi connectivity index (χ4v) is 4.10. The summed E-state index contributed by atoms with van der Waals surface area (Å²) in [6.45, 7) is 0. The van der Waals surface area contributed by atoms with Crippen molar-refractivity contribution in [1.29, 1.82) is 0 Å². The second-order valence-corrected chi connectivity index (χ2v) is 6.90. The van der Waals surface area contributed by atoms with Crippen molar-refractivity contribution in [2.45, 2.75) is 12.0 Å². The summed E-state index contributed by atoms with van der Waals surface area (Å²) in [6.07, 6.45) is 5.61. The summed E-state index contributed by atoms with van der Waals surface area (Å²) >= 11 is 1.55. The van der Waals surface area contributed by atoms with E-state index in [9.17, 15) is 9.90 Å². The number of nitrogens with one attached hydrogen (secondary N) is 1. The van der Waals surface area contributed by atoms with E-state index in [-0.39, 0.29) is 17.5 Å². The van der Waals surface area contributed by atoms with Crippen molar-refractivity contribution in [3.63, 3.8) is 0 Å². The van der Waals surface area contributed by atoms with Gasteiger partial charge in [0.2, 0.25) is 0 Å². The molecule has 0 saturated carbocycles. The third kappa shape index (κ3) is 2.16. The molecule has 0 saturated heterocycles. The van der Waals surface area contributed by atoms with Crippen LogP contribution in [0.3, 0.4) is 0 Å². The smallest absolute Gasteiger partial charge is 0.336 e. The Balaban J connectivity index is 1.72. The van der Waals surface area contributed by atoms with E-state index in [0.717, 1.165) is 21.3 Å². The summed E-state index contributed by atoms with van der Waals surface area (Å²) in [5.41, 5.74) is 8.94. The molecule has 2 atom stereocenters. The van der Waals surface area contributed by atoms with Crippen molar-refractivity contribution < 1.29 is 9.90 Å². The Bertz CT molecular complexity index is 1090. The molecule has 0 spiro atoms. The molecule has 3 aromatic rings. The molecular weight excluding hydrogens is 336 g/mol. The van der Waals surface area contributed by atoms with E-state index >= 15 is 0 Å². The van der Waals surface area contributed by atoms with Crippen molar-refractivity contribution in [2.24, 2.45) is 5.10 Å². The van der Waals surface area contributed by atoms with Crippen molar-refractivity contribution in [2.75, 3.05) is 0 Å². The van der Waals surface area contributed by atoms with Crippen molar-refractivity contribution in [1.82, 2.24) is 15.4 Å². The lowest BCUT2D eigenvalue weighted by Crippen LogP contribution is -2.28. The maximum Gasteiger partial charge on any atom is 0.336 e. The second-order valence-electron chi connectivity index (χ2n) is 6.01. The summed E-state index contributed by atoms with van der Waals surface area (Å²) in [5.74, 6) is -1.05. The number of aromatic carboxylic acids is 1. The average molecular weight is 348 g/mol. The molecule has 2 aliphatic rings. The summed E-state index contributed by atoms with van der Waals surface area (Å²) in [6, 6.07) is 7.51. The lowest BCUT2D eigenvalue weighted by atomic mass is 9.84. The number of thiazole rings is 1. The second kappa shape index (κ2) is 5.22. The maximum absolute atomic E-state index is 11.9. The first-order chi connectivity index (χ1) is 12.2. The highest BCUT2D eigenvalue weighted by Crippen LogP contribution is 2.35. The standard InChI is InChI=1S/C18H12N4O2S/c23-18(24)10-6-15(9-1-2-13-16(5-9)25-8-19-13)21-14-4-3-12-11(17(10)14)7-20-22-12/h1-8,11-12,22H,(H,23,24). The largest absolute Gasteiger partial charge is 0.478 e. The zero-order chi connectivity index (χ0) is 17.0. The number of hydrazone groups is 1. The van der Waals surface area contributed by atoms with Crippen LogP contribution >= 0.6 is 11.3 Å². The molecule has 6 nitrogen and oxygen atoms in total. The van der Waals surface area contributed by atoms with Gasteiger partial charge in [0.05, 0.1) is 38.7 Å². The van der Waals surface area contributed by atoms with Crippen LogP contribution in [-0.2, 0) is 0 Å². The predicted octanol–water partition coefficient (Wildman–Crippen LogP) is 3.12. The van der Waals surface area contributed by atoms with Crippen LogP contribution in [0, 0.1) is 0 Å². The molecule has 3 heterocycles. The number of hydrogen-bond acceptors (Lipinski definition) is 6. The quantitative estimate of drug-likeness (QED) is 0.743. The molecule has 7 heteroatoms. The Morgan fingerprint density at radius 1 is 1.28 bits per heavy atom. The highest BCUT2D eigenvalue weighted by Gasteiger charge is 2.33. The van der Waals surface area contributed by atoms with Crippen LogP contribution in [-0.4, -0.2) is 33.3 Å². The summed E-state index contributed by atoms with van der Waals surface area (Å²) in [4.78, 5) is 20.9. The molecule has 0 bridgehead atoms. The van der Waals surface area contributed by atoms with Gasteiger partial charge in [-0.2, -0.15) is 5.10 Å². The van der Waals surface area contributed by atoms with Gasteiger partial charge in [0, 0.05) is 23.3 Å². The first-order valence-electron chi connectivity index (χ1n) is 7.79. The van der Waals surface area contributed by atoms with E-state index < -0.39 is 5.97 Å². The van der Waals surface area contributed by atoms with E-state index in [1.165, 1.54) is 0 Å². The number of hydrogen-bond donors (Lipinski definition) is 2. The molecule has 1 aliphatic carbocycles. The molecule has 2 aromatic heterocycles. The molecule has 2 unspecified atom stereocenters. The number of carboxylic acids is 1. The monoisotopic (exact) mass is 348 g/mol. The fraction of sp³-hybridized carbons (Fsp3) is 0.111. The van der Waals surface area contributed by atoms with Gasteiger partial charge in [-0.3, -0.25) is 0 Å². The van der Waals surface area contributed by atoms with Gasteiger partial charge in [0.1, 0.15) is 0 Å². The Kier molecular flexibility index (Phi) is 2.98. The van der Waals surface area contributed by atoms with Crippen LogP contribution in [0.4, 0.5) is 0 Å². The molecule has 122 valence electrons. The van der Waals surface area contributed by atoms with Gasteiger partial charge >= 0.3 is 5.97 Å². The number of rotatable bonds is 2. The SMILES string of the molecule is O=C(O)c1cc(-c2ccc3ncsc3c2)nc2c1C1C=NNC1C=C2. The van der Waals surface area contributed by atoms with E-state index in [4.69, 9.17) is 4.98 Å². The molecule has 1 aliphatic heterocycles. The Labute approximate surface area is 146 Å². The third-order valence-corrected chi connectivity index (χ3v) is 5.38. The molecule has 0 radical (unpaired) electrons. The van der Waals surface area contributed by atoms with Crippen LogP contribution in [0.1, 0.15) is 27.5 Å². The highest BCUT2D eigenvalue weighted by atomic mass is 32.1. The lowest BCUT2D eigenvalue weighted by molar-refractivity contribution is 0.0695. The highest BCUT2D eigenvalue weighted by molar-refractivity contribution is 7.16. The van der Waals surface area contributed by atoms with Gasteiger partial charge < -0.3 is 10.5 Å². The molecule has 0 amide bonds. The zero-order valence-corrected chi connectivity index (χ0v) is 13.7. The maximum atomic E-state index is 11.9. The summed E-state index contributed by atoms with van der Waals surface area (Å²) < 4.78 is 1.05. The van der Waals surface area contributed by atoms with Crippen molar-refractivity contribution in [3.05, 3.63) is 52.7 Å². The first kappa shape index (κ1) is 14.3. The lowest BCUT2D eigenvalue weighted by Gasteiger charge is -2.23. The van der Waals surface area contributed by atoms with Gasteiger partial charge in [-0.1, -0.05) is 12.1 Å². The number of carboxylic acid groups (broad SMARTS) is 1. The molecular formula is C18H12N4O2S. The average Bonchev–Trinajstić information content (AvgIpc) is 3.28. The molecule has 2 N–H and O–H groups in total. The summed E-state index contributed by atoms with van der Waals surface area (Å²) in [5, 5.41) is 13.8. The molecule has 0 fully saturated rings. The molecule has 25 heavy (non-hydrogen) atoms. The number of aromatic nitrogens is 2.